The van der Waals surface area contributed by atoms with Crippen molar-refractivity contribution in [2.24, 2.45) is 11.5 Å². The summed E-state index contributed by atoms with van der Waals surface area (Å²) < 4.78 is 16.0. The lowest BCUT2D eigenvalue weighted by Crippen LogP contribution is -2.84. The molecule has 8 nitrogen and oxygen atoms in total. The van der Waals surface area contributed by atoms with Crippen LogP contribution in [0.4, 0.5) is 0 Å². The molecule has 4 aliphatic heterocycles. The molecule has 0 saturated heterocycles. The lowest BCUT2D eigenvalue weighted by atomic mass is 9.36. The van der Waals surface area contributed by atoms with Crippen molar-refractivity contribution in [2.75, 3.05) is 14.2 Å². The Balaban J connectivity index is 1.44. The first kappa shape index (κ1) is 24.0. The molecule has 5 aliphatic rings. The Bertz CT molecular complexity index is 2020. The Hall–Kier alpha value is -4.53. The summed E-state index contributed by atoms with van der Waals surface area (Å²) in [4.78, 5) is 0. The molecule has 1 aliphatic carbocycles. The molecule has 0 fully saturated rings. The summed E-state index contributed by atoms with van der Waals surface area (Å²) in [6.45, 7) is 4.78. The van der Waals surface area contributed by atoms with Crippen molar-refractivity contribution in [1.82, 2.24) is 10.2 Å². The fourth-order valence-electron chi connectivity index (χ4n) is 9.42. The van der Waals surface area contributed by atoms with Crippen LogP contribution >= 0.6 is 0 Å². The van der Waals surface area contributed by atoms with Gasteiger partial charge in [-0.1, -0.05) is 84.0 Å². The third kappa shape index (κ3) is 2.29. The van der Waals surface area contributed by atoms with Gasteiger partial charge in [0.05, 0.1) is 25.3 Å². The predicted octanol–water partition coefficient (Wildman–Crippen LogP) is -0.623. The summed E-state index contributed by atoms with van der Waals surface area (Å²) in [7, 11) is 3.42. The van der Waals surface area contributed by atoms with Crippen LogP contribution in [0.3, 0.4) is 0 Å². The first-order valence-corrected chi connectivity index (χ1v) is 14.8. The summed E-state index contributed by atoms with van der Waals surface area (Å²) in [6, 6.07) is 21.5. The third-order valence-corrected chi connectivity index (χ3v) is 11.1. The molecule has 0 radical (unpaired) electrons. The van der Waals surface area contributed by atoms with Crippen LogP contribution in [0, 0.1) is 0 Å². The number of fused-ring (bicyclic) bond motifs is 7. The van der Waals surface area contributed by atoms with Crippen LogP contribution in [0.5, 0.6) is 11.5 Å². The molecule has 5 heterocycles. The predicted molar refractivity (Wildman–Crippen MR) is 164 cm³/mol. The summed E-state index contributed by atoms with van der Waals surface area (Å²) in [6.07, 6.45) is 1.59. The average molecular weight is 562 g/mol. The lowest BCUT2D eigenvalue weighted by Gasteiger charge is -2.42. The van der Waals surface area contributed by atoms with Gasteiger partial charge in [-0.3, -0.25) is 11.5 Å². The Kier molecular flexibility index (Phi) is 4.08. The highest BCUT2D eigenvalue weighted by molar-refractivity contribution is 6.86. The number of benzene rings is 4. The molecule has 5 aromatic rings. The van der Waals surface area contributed by atoms with Crippen LogP contribution in [0.25, 0.3) is 11.1 Å². The molecule has 4 N–H and O–H groups in total. The van der Waals surface area contributed by atoms with Crippen LogP contribution in [0.1, 0.15) is 45.1 Å². The molecule has 10 heteroatoms. The van der Waals surface area contributed by atoms with Crippen LogP contribution < -0.4 is 52.2 Å². The summed E-state index contributed by atoms with van der Waals surface area (Å²) in [5.41, 5.74) is 27.0. The molecule has 2 unspecified atom stereocenters. The summed E-state index contributed by atoms with van der Waals surface area (Å²) in [5, 5.41) is 9.94. The number of ether oxygens (including phenoxy) is 2. The van der Waals surface area contributed by atoms with Crippen molar-refractivity contribution in [3.63, 3.8) is 0 Å². The van der Waals surface area contributed by atoms with Gasteiger partial charge in [-0.25, -0.2) is 0 Å². The fourth-order valence-corrected chi connectivity index (χ4v) is 9.42. The summed E-state index contributed by atoms with van der Waals surface area (Å²) >= 11 is 0. The van der Waals surface area contributed by atoms with E-state index in [-0.39, 0.29) is 19.3 Å². The molecule has 0 bridgehead atoms. The molecule has 10 rings (SSSR count). The first-order valence-electron chi connectivity index (χ1n) is 14.8. The van der Waals surface area contributed by atoms with Crippen LogP contribution in [0.2, 0.25) is 13.6 Å². The van der Waals surface area contributed by atoms with E-state index < -0.39 is 11.3 Å². The second-order valence-electron chi connectivity index (χ2n) is 12.6. The number of hydrogen-bond acceptors (Lipinski definition) is 6. The van der Waals surface area contributed by atoms with E-state index >= 15 is 0 Å². The zero-order chi connectivity index (χ0) is 29.2. The molecule has 1 aromatic heterocycles. The molecule has 0 amide bonds. The van der Waals surface area contributed by atoms with E-state index in [0.717, 1.165) is 50.5 Å². The standard InChI is InChI=1S/C33H28B2N6O2/c1-34-18-7-5-9-22(42-3)27(18)32(36)29-20(34)13-11-16-17-12-14-21-30-25(17)26(24(16)29)31-40(32)38-15-39-41(31)33(30,37)28-19(35(21)2)8-6-10-23(28)43-4/h5-15,26H,36-37H2,1-4H3/q+2. The van der Waals surface area contributed by atoms with Crippen molar-refractivity contribution in [1.29, 1.82) is 0 Å². The van der Waals surface area contributed by atoms with Crippen LogP contribution in [0.15, 0.2) is 67.0 Å². The number of nitrogens with zero attached hydrogens (tertiary/aromatic N) is 4. The smallest absolute Gasteiger partial charge is 0.485 e. The number of hydrogen-bond donors (Lipinski definition) is 2. The third-order valence-electron chi connectivity index (χ3n) is 11.1. The molecule has 4 aromatic carbocycles. The van der Waals surface area contributed by atoms with Crippen molar-refractivity contribution < 1.29 is 18.8 Å². The van der Waals surface area contributed by atoms with Gasteiger partial charge in [-0.05, 0) is 34.4 Å². The van der Waals surface area contributed by atoms with Gasteiger partial charge in [0.25, 0.3) is 0 Å². The highest BCUT2D eigenvalue weighted by atomic mass is 16.5. The summed E-state index contributed by atoms with van der Waals surface area (Å²) in [5.74, 6) is 2.23. The minimum absolute atomic E-state index is 0.114. The SMILES string of the molecule is COc1cccc2c1C1(N)c3c(ccc4c3C3c5c-4ccc4c5C(N)(c5c(OC)cccc5B4C)[n+]4ncn[n+]1c43)B2C. The molecule has 0 spiro atoms. The molecule has 206 valence electrons. The highest BCUT2D eigenvalue weighted by Crippen LogP contribution is 2.57. The van der Waals surface area contributed by atoms with E-state index in [0.29, 0.717) is 0 Å². The monoisotopic (exact) mass is 562 g/mol. The number of methoxy groups -OCH3 is 2. The van der Waals surface area contributed by atoms with E-state index in [1.54, 1.807) is 20.5 Å². The number of rotatable bonds is 2. The minimum Gasteiger partial charge on any atom is -0.496 e. The van der Waals surface area contributed by atoms with Gasteiger partial charge < -0.3 is 9.47 Å². The lowest BCUT2D eigenvalue weighted by molar-refractivity contribution is -0.932. The van der Waals surface area contributed by atoms with Crippen molar-refractivity contribution in [3.05, 3.63) is 106 Å². The minimum atomic E-state index is -1.14. The maximum absolute atomic E-state index is 7.83. The molecule has 2 atom stereocenters. The number of nitrogens with two attached hydrogens (primary N) is 2. The van der Waals surface area contributed by atoms with Gasteiger partial charge in [-0.2, -0.15) is 0 Å². The average Bonchev–Trinajstić information content (AvgIpc) is 3.38. The highest BCUT2D eigenvalue weighted by Gasteiger charge is 2.71. The van der Waals surface area contributed by atoms with Gasteiger partial charge in [-0.15, -0.1) is 0 Å². The van der Waals surface area contributed by atoms with Crippen molar-refractivity contribution >= 4 is 35.3 Å². The molecular weight excluding hydrogens is 534 g/mol. The van der Waals surface area contributed by atoms with Crippen LogP contribution in [-0.4, -0.2) is 37.8 Å². The van der Waals surface area contributed by atoms with Gasteiger partial charge >= 0.3 is 17.2 Å². The van der Waals surface area contributed by atoms with E-state index in [9.17, 15) is 0 Å². The van der Waals surface area contributed by atoms with E-state index in [2.05, 4.69) is 50.0 Å². The van der Waals surface area contributed by atoms with Crippen molar-refractivity contribution in [2.45, 2.75) is 30.9 Å². The largest absolute Gasteiger partial charge is 0.496 e. The maximum Gasteiger partial charge on any atom is 0.485 e. The van der Waals surface area contributed by atoms with Gasteiger partial charge in [0.1, 0.15) is 11.5 Å². The zero-order valence-electron chi connectivity index (χ0n) is 24.3. The van der Waals surface area contributed by atoms with Gasteiger partial charge in [0.2, 0.25) is 19.8 Å². The Morgan fingerprint density at radius 2 is 1.09 bits per heavy atom. The zero-order valence-corrected chi connectivity index (χ0v) is 24.3. The maximum atomic E-state index is 7.83. The van der Waals surface area contributed by atoms with Gasteiger partial charge in [0.15, 0.2) is 5.92 Å². The quantitative estimate of drug-likeness (QED) is 0.216. The molecular formula is C33H28B2N6O2+2. The second-order valence-corrected chi connectivity index (χ2v) is 12.6. The normalized spacial score (nSPS) is 23.4. The topological polar surface area (TPSA) is 104 Å². The number of aromatic nitrogens is 4. The van der Waals surface area contributed by atoms with E-state index in [4.69, 9.17) is 31.1 Å². The van der Waals surface area contributed by atoms with E-state index in [1.165, 1.54) is 33.2 Å². The van der Waals surface area contributed by atoms with Crippen molar-refractivity contribution in [3.8, 4) is 22.6 Å². The molecule has 43 heavy (non-hydrogen) atoms. The second kappa shape index (κ2) is 7.33. The Labute approximate surface area is 249 Å². The molecule has 0 saturated carbocycles. The Morgan fingerprint density at radius 1 is 0.651 bits per heavy atom. The van der Waals surface area contributed by atoms with Gasteiger partial charge in [0, 0.05) is 30.7 Å². The Morgan fingerprint density at radius 3 is 1.53 bits per heavy atom. The van der Waals surface area contributed by atoms with E-state index in [1.807, 2.05) is 33.6 Å². The first-order chi connectivity index (χ1) is 20.9. The fraction of sp³-hybridized carbons (Fsp3) is 0.212. The van der Waals surface area contributed by atoms with Crippen LogP contribution in [-0.2, 0) is 11.3 Å².